The fourth-order valence-electron chi connectivity index (χ4n) is 0.461. The van der Waals surface area contributed by atoms with Gasteiger partial charge in [-0.25, -0.2) is 9.59 Å². The van der Waals surface area contributed by atoms with Crippen LogP contribution in [0.2, 0.25) is 0 Å². The Morgan fingerprint density at radius 2 is 2.30 bits per heavy atom. The highest BCUT2D eigenvalue weighted by Gasteiger charge is 2.08. The van der Waals surface area contributed by atoms with Gasteiger partial charge in [0.2, 0.25) is 0 Å². The number of nitrogens with zero attached hydrogens (tertiary/aromatic N) is 1. The van der Waals surface area contributed by atoms with Crippen molar-refractivity contribution in [2.24, 2.45) is 0 Å². The Hall–Kier alpha value is -1.72. The summed E-state index contributed by atoms with van der Waals surface area (Å²) < 4.78 is 4.19. The number of hydrogen-bond donors (Lipinski definition) is 2. The standard InChI is InChI=1S/C4H3NO5/c6-2-1-5(3(7)8)4(9)10-2/h1,6H,(H,7,8). The molecule has 0 aliphatic heterocycles. The van der Waals surface area contributed by atoms with Crippen LogP contribution in [0.25, 0.3) is 0 Å². The molecule has 0 unspecified atom stereocenters. The van der Waals surface area contributed by atoms with Crippen molar-refractivity contribution < 1.29 is 19.4 Å². The lowest BCUT2D eigenvalue weighted by Gasteiger charge is -1.82. The number of aromatic hydroxyl groups is 1. The molecule has 0 aromatic carbocycles. The zero-order valence-electron chi connectivity index (χ0n) is 4.64. The highest BCUT2D eigenvalue weighted by atomic mass is 16.5. The summed E-state index contributed by atoms with van der Waals surface area (Å²) in [5.74, 6) is -1.84. The molecule has 0 aliphatic carbocycles. The zero-order chi connectivity index (χ0) is 7.72. The number of hydrogen-bond acceptors (Lipinski definition) is 4. The van der Waals surface area contributed by atoms with Gasteiger partial charge >= 0.3 is 17.8 Å². The van der Waals surface area contributed by atoms with Gasteiger partial charge in [0.05, 0.1) is 0 Å². The predicted molar refractivity (Wildman–Crippen MR) is 28.1 cm³/mol. The molecule has 1 aromatic rings. The number of aromatic nitrogens is 1. The van der Waals surface area contributed by atoms with Crippen molar-refractivity contribution in [2.45, 2.75) is 0 Å². The van der Waals surface area contributed by atoms with Crippen molar-refractivity contribution in [2.75, 3.05) is 0 Å². The second-order valence-electron chi connectivity index (χ2n) is 1.49. The van der Waals surface area contributed by atoms with Crippen molar-refractivity contribution in [3.63, 3.8) is 0 Å². The van der Waals surface area contributed by atoms with E-state index < -0.39 is 17.8 Å². The summed E-state index contributed by atoms with van der Waals surface area (Å²) in [6.45, 7) is 0. The largest absolute Gasteiger partial charge is 0.480 e. The Balaban J connectivity index is 3.29. The molecule has 0 saturated carbocycles. The highest BCUT2D eigenvalue weighted by molar-refractivity contribution is 5.67. The minimum Gasteiger partial charge on any atom is -0.480 e. The van der Waals surface area contributed by atoms with Crippen LogP contribution in [0.4, 0.5) is 4.79 Å². The third-order valence-electron chi connectivity index (χ3n) is 0.834. The number of carboxylic acid groups (broad SMARTS) is 1. The Kier molecular flexibility index (Phi) is 1.22. The van der Waals surface area contributed by atoms with Crippen molar-refractivity contribution in [1.29, 1.82) is 0 Å². The monoisotopic (exact) mass is 145 g/mol. The molecule has 1 aromatic heterocycles. The fourth-order valence-corrected chi connectivity index (χ4v) is 0.461. The molecule has 54 valence electrons. The summed E-state index contributed by atoms with van der Waals surface area (Å²) in [6, 6.07) is 0. The van der Waals surface area contributed by atoms with Gasteiger partial charge in [0.1, 0.15) is 6.20 Å². The van der Waals surface area contributed by atoms with Gasteiger partial charge in [-0.2, -0.15) is 4.57 Å². The van der Waals surface area contributed by atoms with Crippen LogP contribution in [-0.2, 0) is 0 Å². The first-order valence-corrected chi connectivity index (χ1v) is 2.26. The minimum absolute atomic E-state index is 0.231. The molecule has 0 fully saturated rings. The lowest BCUT2D eigenvalue weighted by atomic mass is 10.8. The maximum Gasteiger partial charge on any atom is 0.431 e. The highest BCUT2D eigenvalue weighted by Crippen LogP contribution is 2.01. The lowest BCUT2D eigenvalue weighted by molar-refractivity contribution is 0.194. The third-order valence-corrected chi connectivity index (χ3v) is 0.834. The molecule has 0 radical (unpaired) electrons. The Morgan fingerprint density at radius 1 is 1.70 bits per heavy atom. The van der Waals surface area contributed by atoms with Gasteiger partial charge in [0.25, 0.3) is 0 Å². The molecule has 6 heteroatoms. The maximum atomic E-state index is 10.3. The second-order valence-corrected chi connectivity index (χ2v) is 1.49. The molecule has 1 rings (SSSR count). The van der Waals surface area contributed by atoms with Crippen LogP contribution in [0.15, 0.2) is 15.4 Å². The lowest BCUT2D eigenvalue weighted by Crippen LogP contribution is -2.19. The summed E-state index contributed by atoms with van der Waals surface area (Å²) in [5.41, 5.74) is 0. The molecule has 6 nitrogen and oxygen atoms in total. The molecule has 1 heterocycles. The van der Waals surface area contributed by atoms with Gasteiger partial charge in [-0.1, -0.05) is 0 Å². The van der Waals surface area contributed by atoms with E-state index in [9.17, 15) is 9.59 Å². The van der Waals surface area contributed by atoms with Gasteiger partial charge in [-0.15, -0.1) is 0 Å². The van der Waals surface area contributed by atoms with Gasteiger partial charge < -0.3 is 14.6 Å². The molecule has 0 saturated heterocycles. The molecule has 0 bridgehead atoms. The summed E-state index contributed by atoms with van der Waals surface area (Å²) in [6.07, 6.45) is -0.820. The minimum atomic E-state index is -1.49. The van der Waals surface area contributed by atoms with Gasteiger partial charge in [-0.05, 0) is 0 Å². The fraction of sp³-hybridized carbons (Fsp3) is 0. The number of oxazole rings is 1. The smallest absolute Gasteiger partial charge is 0.431 e. The van der Waals surface area contributed by atoms with E-state index >= 15 is 0 Å². The Morgan fingerprint density at radius 3 is 2.50 bits per heavy atom. The molecule has 0 atom stereocenters. The Bertz CT molecular complexity index is 308. The average Bonchev–Trinajstić information content (AvgIpc) is 2.10. The Labute approximate surface area is 53.9 Å². The summed E-state index contributed by atoms with van der Waals surface area (Å²) in [4.78, 5) is 20.4. The van der Waals surface area contributed by atoms with Crippen LogP contribution in [0.1, 0.15) is 0 Å². The van der Waals surface area contributed by atoms with Crippen molar-refractivity contribution in [1.82, 2.24) is 4.57 Å². The van der Waals surface area contributed by atoms with Gasteiger partial charge in [-0.3, -0.25) is 0 Å². The van der Waals surface area contributed by atoms with E-state index in [1.807, 2.05) is 0 Å². The first kappa shape index (κ1) is 6.40. The molecule has 0 aliphatic rings. The van der Waals surface area contributed by atoms with Crippen LogP contribution in [0, 0.1) is 0 Å². The van der Waals surface area contributed by atoms with E-state index in [-0.39, 0.29) is 4.57 Å². The van der Waals surface area contributed by atoms with Crippen molar-refractivity contribution >= 4 is 6.09 Å². The van der Waals surface area contributed by atoms with Gasteiger partial charge in [0.15, 0.2) is 0 Å². The van der Waals surface area contributed by atoms with E-state index in [4.69, 9.17) is 10.2 Å². The topological polar surface area (TPSA) is 92.7 Å². The van der Waals surface area contributed by atoms with E-state index in [2.05, 4.69) is 4.42 Å². The van der Waals surface area contributed by atoms with Crippen LogP contribution in [0.5, 0.6) is 5.95 Å². The van der Waals surface area contributed by atoms with E-state index in [0.29, 0.717) is 6.20 Å². The molecular formula is C4H3NO5. The van der Waals surface area contributed by atoms with Crippen LogP contribution >= 0.6 is 0 Å². The molecule has 10 heavy (non-hydrogen) atoms. The van der Waals surface area contributed by atoms with Crippen LogP contribution in [0.3, 0.4) is 0 Å². The third kappa shape index (κ3) is 0.859. The predicted octanol–water partition coefficient (Wildman–Crippen LogP) is -0.327. The first-order valence-electron chi connectivity index (χ1n) is 2.26. The zero-order valence-corrected chi connectivity index (χ0v) is 4.64. The van der Waals surface area contributed by atoms with Crippen LogP contribution < -0.4 is 5.76 Å². The molecule has 2 N–H and O–H groups in total. The second kappa shape index (κ2) is 1.90. The van der Waals surface area contributed by atoms with E-state index in [1.54, 1.807) is 0 Å². The molecular weight excluding hydrogens is 142 g/mol. The number of rotatable bonds is 0. The average molecular weight is 145 g/mol. The first-order chi connectivity index (χ1) is 4.61. The maximum absolute atomic E-state index is 10.3. The quantitative estimate of drug-likeness (QED) is 0.521. The summed E-state index contributed by atoms with van der Waals surface area (Å²) in [5, 5.41) is 16.6. The van der Waals surface area contributed by atoms with Crippen molar-refractivity contribution in [3.8, 4) is 5.95 Å². The van der Waals surface area contributed by atoms with E-state index in [1.165, 1.54) is 0 Å². The molecule has 0 spiro atoms. The summed E-state index contributed by atoms with van der Waals surface area (Å²) in [7, 11) is 0. The van der Waals surface area contributed by atoms with Crippen LogP contribution in [-0.4, -0.2) is 20.9 Å². The van der Waals surface area contributed by atoms with Crippen molar-refractivity contribution in [3.05, 3.63) is 16.7 Å². The number of carbonyl (C=O) groups is 1. The molecule has 0 amide bonds. The van der Waals surface area contributed by atoms with Gasteiger partial charge in [0, 0.05) is 0 Å². The normalized spacial score (nSPS) is 9.60. The SMILES string of the molecule is O=C(O)n1cc(O)oc1=O. The van der Waals surface area contributed by atoms with E-state index in [0.717, 1.165) is 0 Å². The summed E-state index contributed by atoms with van der Waals surface area (Å²) >= 11 is 0.